The third kappa shape index (κ3) is 5.94. The van der Waals surface area contributed by atoms with Gasteiger partial charge in [-0.05, 0) is 42.8 Å². The first kappa shape index (κ1) is 23.7. The molecule has 1 saturated heterocycles. The highest BCUT2D eigenvalue weighted by molar-refractivity contribution is 5.97. The van der Waals surface area contributed by atoms with Crippen LogP contribution < -0.4 is 15.0 Å². The number of aromatic nitrogens is 3. The summed E-state index contributed by atoms with van der Waals surface area (Å²) in [5.74, 6) is 0.432. The molecule has 1 aliphatic rings. The third-order valence-corrected chi connectivity index (χ3v) is 5.42. The normalized spacial score (nSPS) is 14.8. The number of nitrogens with zero attached hydrogens (tertiary/aromatic N) is 4. The second-order valence-electron chi connectivity index (χ2n) is 7.87. The molecule has 35 heavy (non-hydrogen) atoms. The lowest BCUT2D eigenvalue weighted by Crippen LogP contribution is -2.37. The van der Waals surface area contributed by atoms with Crippen molar-refractivity contribution in [3.8, 4) is 11.5 Å². The van der Waals surface area contributed by atoms with Crippen LogP contribution in [-0.2, 0) is 0 Å². The van der Waals surface area contributed by atoms with Crippen LogP contribution in [0.4, 0.5) is 10.2 Å². The number of para-hydroxylation sites is 1. The maximum absolute atomic E-state index is 12.6. The summed E-state index contributed by atoms with van der Waals surface area (Å²) in [6.07, 6.45) is 5.88. The first-order chi connectivity index (χ1) is 17.0. The molecular weight excluding hydrogens is 449 g/mol. The highest BCUT2D eigenvalue weighted by Gasteiger charge is 2.26. The van der Waals surface area contributed by atoms with Crippen LogP contribution in [0.1, 0.15) is 16.8 Å². The number of carbonyl (C=O) groups is 1. The van der Waals surface area contributed by atoms with Crippen LogP contribution in [0, 0.1) is 5.82 Å². The second kappa shape index (κ2) is 11.1. The van der Waals surface area contributed by atoms with Crippen molar-refractivity contribution in [2.75, 3.05) is 24.6 Å². The van der Waals surface area contributed by atoms with Gasteiger partial charge in [-0.2, -0.15) is 0 Å². The molecule has 1 amide bonds. The lowest BCUT2D eigenvalue weighted by Gasteiger charge is -2.18. The fourth-order valence-electron chi connectivity index (χ4n) is 3.71. The molecule has 0 bridgehead atoms. The number of anilines is 1. The van der Waals surface area contributed by atoms with Crippen molar-refractivity contribution in [3.05, 3.63) is 97.1 Å². The number of rotatable bonds is 6. The molecule has 2 aromatic heterocycles. The van der Waals surface area contributed by atoms with Gasteiger partial charge >= 0.3 is 0 Å². The number of nitrogens with one attached hydrogen (secondary N) is 1. The van der Waals surface area contributed by atoms with Gasteiger partial charge in [-0.3, -0.25) is 4.79 Å². The standard InChI is InChI=1S/C20H21N5O3.C6H5F/c1-2-12-28-16-5-3-4-15(19(16)26)20(27)22-14-8-10-24(13-14)18-7-6-17-21-9-11-25(17)23-18;7-6-4-2-1-3-5-6/h2-7,9,11,14,26H,1,8,10,12-13H2,(H,22,27);1-5H/t14-;/m0./s1. The van der Waals surface area contributed by atoms with Crippen LogP contribution in [0.2, 0.25) is 0 Å². The van der Waals surface area contributed by atoms with E-state index in [1.54, 1.807) is 59.4 Å². The molecule has 2 aromatic carbocycles. The molecule has 1 aliphatic heterocycles. The zero-order valence-electron chi connectivity index (χ0n) is 19.0. The van der Waals surface area contributed by atoms with E-state index in [0.717, 1.165) is 24.4 Å². The Labute approximate surface area is 202 Å². The van der Waals surface area contributed by atoms with Crippen LogP contribution in [-0.4, -0.2) is 51.4 Å². The molecule has 1 fully saturated rings. The number of ether oxygens (including phenoxy) is 1. The van der Waals surface area contributed by atoms with E-state index in [4.69, 9.17) is 4.74 Å². The van der Waals surface area contributed by atoms with E-state index in [2.05, 4.69) is 26.9 Å². The SMILES string of the molecule is C=CCOc1cccc(C(=O)N[C@H]2CCN(c3ccc4nccn4n3)C2)c1O.Fc1ccccc1. The van der Waals surface area contributed by atoms with Gasteiger partial charge in [0.2, 0.25) is 0 Å². The van der Waals surface area contributed by atoms with Crippen molar-refractivity contribution in [1.29, 1.82) is 0 Å². The van der Waals surface area contributed by atoms with Gasteiger partial charge in [0.1, 0.15) is 18.2 Å². The molecule has 1 atom stereocenters. The maximum atomic E-state index is 12.6. The Kier molecular flexibility index (Phi) is 7.57. The summed E-state index contributed by atoms with van der Waals surface area (Å²) in [7, 11) is 0. The highest BCUT2D eigenvalue weighted by atomic mass is 19.1. The van der Waals surface area contributed by atoms with E-state index in [9.17, 15) is 14.3 Å². The fraction of sp³-hybridized carbons (Fsp3) is 0.192. The van der Waals surface area contributed by atoms with Crippen LogP contribution in [0.15, 0.2) is 85.7 Å². The van der Waals surface area contributed by atoms with Crippen LogP contribution in [0.5, 0.6) is 11.5 Å². The Balaban J connectivity index is 0.000000356. The summed E-state index contributed by atoms with van der Waals surface area (Å²) in [6.45, 7) is 5.26. The van der Waals surface area contributed by atoms with E-state index in [-0.39, 0.29) is 41.4 Å². The minimum Gasteiger partial charge on any atom is -0.504 e. The van der Waals surface area contributed by atoms with Crippen molar-refractivity contribution in [2.45, 2.75) is 12.5 Å². The molecule has 2 N–H and O–H groups in total. The van der Waals surface area contributed by atoms with Gasteiger partial charge in [-0.1, -0.05) is 36.9 Å². The summed E-state index contributed by atoms with van der Waals surface area (Å²) in [5, 5.41) is 17.9. The number of carbonyl (C=O) groups excluding carboxylic acids is 1. The summed E-state index contributed by atoms with van der Waals surface area (Å²) in [6, 6.07) is 16.6. The third-order valence-electron chi connectivity index (χ3n) is 5.42. The van der Waals surface area contributed by atoms with E-state index in [1.807, 2.05) is 12.1 Å². The lowest BCUT2D eigenvalue weighted by molar-refractivity contribution is 0.0937. The Morgan fingerprint density at radius 1 is 1.20 bits per heavy atom. The molecule has 180 valence electrons. The smallest absolute Gasteiger partial charge is 0.255 e. The van der Waals surface area contributed by atoms with Crippen molar-refractivity contribution in [3.63, 3.8) is 0 Å². The number of phenols is 1. The number of imidazole rings is 1. The van der Waals surface area contributed by atoms with Crippen molar-refractivity contribution >= 4 is 17.4 Å². The van der Waals surface area contributed by atoms with Gasteiger partial charge in [0.25, 0.3) is 5.91 Å². The molecule has 5 rings (SSSR count). The summed E-state index contributed by atoms with van der Waals surface area (Å²) >= 11 is 0. The Morgan fingerprint density at radius 3 is 2.77 bits per heavy atom. The number of fused-ring (bicyclic) bond motifs is 1. The molecule has 0 unspecified atom stereocenters. The highest BCUT2D eigenvalue weighted by Crippen LogP contribution is 2.30. The molecular formula is C26H26FN5O3. The van der Waals surface area contributed by atoms with Crippen LogP contribution >= 0.6 is 0 Å². The van der Waals surface area contributed by atoms with Crippen molar-refractivity contribution in [1.82, 2.24) is 19.9 Å². The molecule has 9 heteroatoms. The van der Waals surface area contributed by atoms with Crippen molar-refractivity contribution < 1.29 is 19.0 Å². The minimum atomic E-state index is -0.327. The van der Waals surface area contributed by atoms with E-state index >= 15 is 0 Å². The first-order valence-electron chi connectivity index (χ1n) is 11.2. The topological polar surface area (TPSA) is 92.0 Å². The van der Waals surface area contributed by atoms with Gasteiger partial charge < -0.3 is 20.1 Å². The lowest BCUT2D eigenvalue weighted by atomic mass is 10.1. The predicted octanol–water partition coefficient (Wildman–Crippen LogP) is 3.83. The first-order valence-corrected chi connectivity index (χ1v) is 11.2. The van der Waals surface area contributed by atoms with Gasteiger partial charge in [-0.15, -0.1) is 5.10 Å². The number of hydrogen-bond donors (Lipinski definition) is 2. The molecule has 0 saturated carbocycles. The number of phenolic OH excluding ortho intramolecular Hbond substituents is 1. The number of aromatic hydroxyl groups is 1. The molecule has 0 spiro atoms. The Bertz CT molecular complexity index is 1290. The average molecular weight is 476 g/mol. The summed E-state index contributed by atoms with van der Waals surface area (Å²) in [5.41, 5.74) is 0.986. The summed E-state index contributed by atoms with van der Waals surface area (Å²) in [4.78, 5) is 19.0. The molecule has 0 aliphatic carbocycles. The summed E-state index contributed by atoms with van der Waals surface area (Å²) < 4.78 is 19.0. The molecule has 0 radical (unpaired) electrons. The molecule has 3 heterocycles. The number of amides is 1. The zero-order valence-corrected chi connectivity index (χ0v) is 19.0. The van der Waals surface area contributed by atoms with Gasteiger partial charge in [0, 0.05) is 31.5 Å². The predicted molar refractivity (Wildman–Crippen MR) is 131 cm³/mol. The zero-order chi connectivity index (χ0) is 24.6. The largest absolute Gasteiger partial charge is 0.504 e. The van der Waals surface area contributed by atoms with Crippen LogP contribution in [0.3, 0.4) is 0 Å². The van der Waals surface area contributed by atoms with Gasteiger partial charge in [0.15, 0.2) is 17.1 Å². The quantitative estimate of drug-likeness (QED) is 0.412. The number of halogens is 1. The van der Waals surface area contributed by atoms with Gasteiger partial charge in [0.05, 0.1) is 5.56 Å². The maximum Gasteiger partial charge on any atom is 0.255 e. The van der Waals surface area contributed by atoms with Gasteiger partial charge in [-0.25, -0.2) is 13.9 Å². The molecule has 4 aromatic rings. The number of benzene rings is 2. The average Bonchev–Trinajstić information content (AvgIpc) is 3.53. The monoisotopic (exact) mass is 475 g/mol. The Hall–Kier alpha value is -4.40. The fourth-order valence-corrected chi connectivity index (χ4v) is 3.71. The Morgan fingerprint density at radius 2 is 2.03 bits per heavy atom. The van der Waals surface area contributed by atoms with E-state index in [1.165, 1.54) is 12.1 Å². The molecule has 8 nitrogen and oxygen atoms in total. The minimum absolute atomic E-state index is 0.0371. The van der Waals surface area contributed by atoms with E-state index in [0.29, 0.717) is 6.54 Å². The van der Waals surface area contributed by atoms with E-state index < -0.39 is 0 Å². The number of hydrogen-bond acceptors (Lipinski definition) is 6. The second-order valence-corrected chi connectivity index (χ2v) is 7.87. The van der Waals surface area contributed by atoms with Crippen LogP contribution in [0.25, 0.3) is 5.65 Å². The van der Waals surface area contributed by atoms with Crippen molar-refractivity contribution in [2.24, 2.45) is 0 Å².